The van der Waals surface area contributed by atoms with Crippen molar-refractivity contribution >= 4 is 11.3 Å². The van der Waals surface area contributed by atoms with Crippen molar-refractivity contribution in [1.29, 1.82) is 0 Å². The first-order valence-corrected chi connectivity index (χ1v) is 10.7. The number of anilines is 1. The van der Waals surface area contributed by atoms with Gasteiger partial charge < -0.3 is 15.0 Å². The van der Waals surface area contributed by atoms with Crippen LogP contribution in [0.5, 0.6) is 0 Å². The predicted molar refractivity (Wildman–Crippen MR) is 119 cm³/mol. The van der Waals surface area contributed by atoms with Crippen LogP contribution in [0.1, 0.15) is 40.5 Å². The van der Waals surface area contributed by atoms with Crippen molar-refractivity contribution in [2.75, 3.05) is 11.4 Å². The van der Waals surface area contributed by atoms with Gasteiger partial charge in [0, 0.05) is 24.9 Å². The number of aliphatic hydroxyl groups excluding tert-OH is 1. The number of nitrogens with one attached hydrogen (secondary N) is 1. The Morgan fingerprint density at radius 1 is 1.06 bits per heavy atom. The van der Waals surface area contributed by atoms with Crippen LogP contribution in [-0.4, -0.2) is 41.2 Å². The van der Waals surface area contributed by atoms with E-state index in [1.165, 1.54) is 10.6 Å². The van der Waals surface area contributed by atoms with E-state index in [0.29, 0.717) is 29.3 Å². The molecule has 5 heterocycles. The maximum Gasteiger partial charge on any atom is 0.148 e. The fourth-order valence-electron chi connectivity index (χ4n) is 4.38. The Bertz CT molecular complexity index is 1410. The highest BCUT2D eigenvalue weighted by Crippen LogP contribution is 2.36. The lowest BCUT2D eigenvalue weighted by Crippen LogP contribution is -2.37. The van der Waals surface area contributed by atoms with Crippen LogP contribution < -0.4 is 4.90 Å². The number of fused-ring (bicyclic) bond motifs is 2. The zero-order chi connectivity index (χ0) is 22.4. The molecule has 0 bridgehead atoms. The number of hydrogen-bond donors (Lipinski definition) is 2. The van der Waals surface area contributed by atoms with Gasteiger partial charge in [-0.1, -0.05) is 30.3 Å². The van der Waals surface area contributed by atoms with Gasteiger partial charge in [-0.15, -0.1) is 0 Å². The molecule has 0 aliphatic carbocycles. The highest BCUT2D eigenvalue weighted by molar-refractivity contribution is 5.54. The Morgan fingerprint density at radius 3 is 2.73 bits per heavy atom. The third-order valence-corrected chi connectivity index (χ3v) is 6.02. The number of aromatic amines is 1. The first-order chi connectivity index (χ1) is 16.2. The van der Waals surface area contributed by atoms with Crippen molar-refractivity contribution in [1.82, 2.24) is 29.5 Å². The standard InChI is InChI=1S/C24H20FN7O/c25-16-7-4-9-32-20(16)11-18(30-32)23-22-17(28-14-29-22)8-10-31(23)21-13-26-19(12-27-21)24(33)15-5-2-1-3-6-15/h1-7,9,11-14,23-24,33H,8,10H2,(H,28,29)/t23-,24-/m1/s1. The van der Waals surface area contributed by atoms with Crippen molar-refractivity contribution in [3.05, 3.63) is 108 Å². The second kappa shape index (κ2) is 7.79. The average molecular weight is 441 g/mol. The number of H-pyrrole nitrogens is 1. The van der Waals surface area contributed by atoms with E-state index < -0.39 is 6.10 Å². The zero-order valence-corrected chi connectivity index (χ0v) is 17.5. The van der Waals surface area contributed by atoms with Gasteiger partial charge in [0.1, 0.15) is 29.3 Å². The average Bonchev–Trinajstić information content (AvgIpc) is 3.51. The Morgan fingerprint density at radius 2 is 1.94 bits per heavy atom. The molecule has 0 fully saturated rings. The van der Waals surface area contributed by atoms with Gasteiger partial charge >= 0.3 is 0 Å². The number of aromatic nitrogens is 6. The van der Waals surface area contributed by atoms with E-state index in [-0.39, 0.29) is 11.9 Å². The minimum absolute atomic E-state index is 0.333. The van der Waals surface area contributed by atoms with Crippen LogP contribution in [0.3, 0.4) is 0 Å². The highest BCUT2D eigenvalue weighted by Gasteiger charge is 2.34. The zero-order valence-electron chi connectivity index (χ0n) is 17.5. The van der Waals surface area contributed by atoms with Crippen molar-refractivity contribution in [3.63, 3.8) is 0 Å². The summed E-state index contributed by atoms with van der Waals surface area (Å²) in [5, 5.41) is 15.3. The van der Waals surface area contributed by atoms with Crippen molar-refractivity contribution in [3.8, 4) is 0 Å². The molecule has 1 aromatic carbocycles. The van der Waals surface area contributed by atoms with E-state index in [9.17, 15) is 9.50 Å². The SMILES string of the molecule is O[C@H](c1ccccc1)c1cnc(N2CCc3[nH]cnc3[C@H]2c2cc3c(F)cccn3n2)cn1. The summed E-state index contributed by atoms with van der Waals surface area (Å²) < 4.78 is 15.9. The lowest BCUT2D eigenvalue weighted by molar-refractivity contribution is 0.215. The maximum absolute atomic E-state index is 14.3. The van der Waals surface area contributed by atoms with Gasteiger partial charge in [0.2, 0.25) is 0 Å². The molecular formula is C24H20FN7O. The predicted octanol–water partition coefficient (Wildman–Crippen LogP) is 3.22. The smallest absolute Gasteiger partial charge is 0.148 e. The van der Waals surface area contributed by atoms with Gasteiger partial charge in [-0.2, -0.15) is 5.10 Å². The van der Waals surface area contributed by atoms with Gasteiger partial charge in [-0.05, 0) is 23.8 Å². The van der Waals surface area contributed by atoms with E-state index in [1.807, 2.05) is 30.3 Å². The lowest BCUT2D eigenvalue weighted by Gasteiger charge is -2.34. The van der Waals surface area contributed by atoms with E-state index in [1.54, 1.807) is 37.1 Å². The Hall–Kier alpha value is -4.11. The monoisotopic (exact) mass is 441 g/mol. The van der Waals surface area contributed by atoms with Crippen LogP contribution in [0.4, 0.5) is 10.2 Å². The third-order valence-electron chi connectivity index (χ3n) is 6.02. The molecular weight excluding hydrogens is 421 g/mol. The highest BCUT2D eigenvalue weighted by atomic mass is 19.1. The summed E-state index contributed by atoms with van der Waals surface area (Å²) in [6, 6.07) is 13.8. The van der Waals surface area contributed by atoms with Crippen LogP contribution in [0.25, 0.3) is 5.52 Å². The molecule has 0 saturated carbocycles. The molecule has 0 unspecified atom stereocenters. The molecule has 164 valence electrons. The van der Waals surface area contributed by atoms with Gasteiger partial charge in [-0.25, -0.2) is 18.9 Å². The second-order valence-corrected chi connectivity index (χ2v) is 7.98. The molecule has 1 aliphatic rings. The van der Waals surface area contributed by atoms with Crippen LogP contribution in [-0.2, 0) is 6.42 Å². The van der Waals surface area contributed by atoms with Gasteiger partial charge in [0.05, 0.1) is 35.8 Å². The molecule has 4 aromatic heterocycles. The molecule has 1 aliphatic heterocycles. The number of benzene rings is 1. The van der Waals surface area contributed by atoms with E-state index in [2.05, 4.69) is 29.9 Å². The molecule has 33 heavy (non-hydrogen) atoms. The lowest BCUT2D eigenvalue weighted by atomic mass is 10.00. The van der Waals surface area contributed by atoms with Crippen molar-refractivity contribution < 1.29 is 9.50 Å². The summed E-state index contributed by atoms with van der Waals surface area (Å²) in [5.41, 5.74) is 4.15. The molecule has 0 saturated heterocycles. The molecule has 2 N–H and O–H groups in total. The molecule has 6 rings (SSSR count). The quantitative estimate of drug-likeness (QED) is 0.445. The molecule has 0 amide bonds. The molecule has 2 atom stereocenters. The van der Waals surface area contributed by atoms with Crippen molar-refractivity contribution in [2.45, 2.75) is 18.6 Å². The summed E-state index contributed by atoms with van der Waals surface area (Å²) in [6.07, 6.45) is 6.53. The number of nitrogens with zero attached hydrogens (tertiary/aromatic N) is 6. The summed E-state index contributed by atoms with van der Waals surface area (Å²) in [4.78, 5) is 18.9. The number of aliphatic hydroxyl groups is 1. The van der Waals surface area contributed by atoms with Gasteiger partial charge in [0.15, 0.2) is 0 Å². The third kappa shape index (κ3) is 3.33. The minimum Gasteiger partial charge on any atom is -0.382 e. The van der Waals surface area contributed by atoms with Gasteiger partial charge in [-0.3, -0.25) is 4.98 Å². The Labute approximate surface area is 188 Å². The molecule has 0 spiro atoms. The summed E-state index contributed by atoms with van der Waals surface area (Å²) in [6.45, 7) is 0.658. The first kappa shape index (κ1) is 19.6. The number of hydrogen-bond acceptors (Lipinski definition) is 6. The number of imidazole rings is 1. The number of pyridine rings is 1. The topological polar surface area (TPSA) is 95.2 Å². The van der Waals surface area contributed by atoms with E-state index >= 15 is 0 Å². The number of halogens is 1. The Kier molecular flexibility index (Phi) is 4.62. The van der Waals surface area contributed by atoms with E-state index in [4.69, 9.17) is 0 Å². The second-order valence-electron chi connectivity index (χ2n) is 7.98. The van der Waals surface area contributed by atoms with Crippen LogP contribution in [0, 0.1) is 5.82 Å². The van der Waals surface area contributed by atoms with E-state index in [0.717, 1.165) is 23.4 Å². The van der Waals surface area contributed by atoms with Crippen LogP contribution in [0.2, 0.25) is 0 Å². The fourth-order valence-corrected chi connectivity index (χ4v) is 4.38. The molecule has 8 nitrogen and oxygen atoms in total. The maximum atomic E-state index is 14.3. The first-order valence-electron chi connectivity index (χ1n) is 10.7. The minimum atomic E-state index is -0.857. The molecule has 0 radical (unpaired) electrons. The van der Waals surface area contributed by atoms with Crippen LogP contribution >= 0.6 is 0 Å². The van der Waals surface area contributed by atoms with Gasteiger partial charge in [0.25, 0.3) is 0 Å². The Balaban J connectivity index is 1.38. The normalized spacial score (nSPS) is 16.7. The molecule has 5 aromatic rings. The van der Waals surface area contributed by atoms with Crippen LogP contribution in [0.15, 0.2) is 73.4 Å². The fraction of sp³-hybridized carbons (Fsp3) is 0.167. The number of rotatable bonds is 4. The largest absolute Gasteiger partial charge is 0.382 e. The summed E-state index contributed by atoms with van der Waals surface area (Å²) >= 11 is 0. The molecule has 9 heteroatoms. The summed E-state index contributed by atoms with van der Waals surface area (Å²) in [7, 11) is 0. The summed E-state index contributed by atoms with van der Waals surface area (Å²) in [5.74, 6) is 0.301. The van der Waals surface area contributed by atoms with Crippen molar-refractivity contribution in [2.24, 2.45) is 0 Å².